The lowest BCUT2D eigenvalue weighted by molar-refractivity contribution is -0.164. The first-order valence-electron chi connectivity index (χ1n) is 17.5. The van der Waals surface area contributed by atoms with Crippen LogP contribution in [0.25, 0.3) is 0 Å². The number of halogens is 1. The number of benzene rings is 3. The predicted molar refractivity (Wildman–Crippen MR) is 194 cm³/mol. The molecule has 2 heterocycles. The predicted octanol–water partition coefficient (Wildman–Crippen LogP) is 5.25. The average Bonchev–Trinajstić information content (AvgIpc) is 3.37. The number of imide groups is 2. The number of carbonyl (C=O) groups excluding carboxylic acids is 5. The summed E-state index contributed by atoms with van der Waals surface area (Å²) in [6.07, 6.45) is 1.47. The van der Waals surface area contributed by atoms with Crippen molar-refractivity contribution in [2.24, 2.45) is 10.8 Å². The molecule has 13 heteroatoms. The van der Waals surface area contributed by atoms with Gasteiger partial charge in [0, 0.05) is 41.5 Å². The van der Waals surface area contributed by atoms with Crippen molar-refractivity contribution in [3.05, 3.63) is 93.5 Å². The molecule has 3 aromatic rings. The Morgan fingerprint density at radius 1 is 0.925 bits per heavy atom. The summed E-state index contributed by atoms with van der Waals surface area (Å²) in [5.74, 6) is -1.42. The number of fused-ring (bicyclic) bond motifs is 1. The van der Waals surface area contributed by atoms with Gasteiger partial charge >= 0.3 is 0 Å². The van der Waals surface area contributed by atoms with Gasteiger partial charge in [-0.15, -0.1) is 0 Å². The Labute approximate surface area is 312 Å². The number of nitriles is 1. The maximum atomic E-state index is 13.3. The van der Waals surface area contributed by atoms with Gasteiger partial charge in [0.15, 0.2) is 0 Å². The molecule has 2 N–H and O–H groups in total. The van der Waals surface area contributed by atoms with Crippen LogP contribution >= 0.6 is 11.6 Å². The molecule has 6 rings (SSSR count). The fourth-order valence-corrected chi connectivity index (χ4v) is 8.08. The van der Waals surface area contributed by atoms with Gasteiger partial charge < -0.3 is 19.5 Å². The molecule has 0 spiro atoms. The van der Waals surface area contributed by atoms with E-state index < -0.39 is 29.7 Å². The topological polar surface area (TPSA) is 164 Å². The highest BCUT2D eigenvalue weighted by atomic mass is 35.5. The third-order valence-corrected chi connectivity index (χ3v) is 10.6. The molecule has 0 bridgehead atoms. The van der Waals surface area contributed by atoms with Gasteiger partial charge in [0.25, 0.3) is 17.7 Å². The number of rotatable bonds is 13. The number of hydrogen-bond acceptors (Lipinski definition) is 9. The van der Waals surface area contributed by atoms with Crippen LogP contribution in [0.15, 0.2) is 60.7 Å². The lowest BCUT2D eigenvalue weighted by Crippen LogP contribution is -2.74. The van der Waals surface area contributed by atoms with Gasteiger partial charge in [-0.25, -0.2) is 0 Å². The number of carbonyl (C=O) groups is 5. The summed E-state index contributed by atoms with van der Waals surface area (Å²) in [4.78, 5) is 63.9. The van der Waals surface area contributed by atoms with Crippen LogP contribution in [0, 0.1) is 22.2 Å². The average molecular weight is 741 g/mol. The molecule has 0 aromatic heterocycles. The van der Waals surface area contributed by atoms with Crippen molar-refractivity contribution < 1.29 is 38.2 Å². The maximum absolute atomic E-state index is 13.3. The summed E-state index contributed by atoms with van der Waals surface area (Å²) in [6, 6.07) is 18.0. The Morgan fingerprint density at radius 2 is 1.62 bits per heavy atom. The van der Waals surface area contributed by atoms with E-state index in [-0.39, 0.29) is 59.5 Å². The maximum Gasteiger partial charge on any atom is 0.262 e. The molecule has 1 saturated heterocycles. The summed E-state index contributed by atoms with van der Waals surface area (Å²) >= 11 is 6.21. The van der Waals surface area contributed by atoms with Crippen LogP contribution in [-0.2, 0) is 20.7 Å². The molecule has 2 fully saturated rings. The zero-order chi connectivity index (χ0) is 38.1. The molecule has 53 heavy (non-hydrogen) atoms. The van der Waals surface area contributed by atoms with E-state index in [0.717, 1.165) is 23.3 Å². The minimum absolute atomic E-state index is 0.0559. The fraction of sp³-hybridized carbons (Fsp3) is 0.400. The van der Waals surface area contributed by atoms with Crippen molar-refractivity contribution in [3.8, 4) is 17.6 Å². The molecule has 5 amide bonds. The van der Waals surface area contributed by atoms with E-state index in [2.05, 4.69) is 44.4 Å². The summed E-state index contributed by atoms with van der Waals surface area (Å²) in [5, 5.41) is 14.9. The first-order valence-corrected chi connectivity index (χ1v) is 17.9. The van der Waals surface area contributed by atoms with Crippen molar-refractivity contribution >= 4 is 41.1 Å². The van der Waals surface area contributed by atoms with Crippen molar-refractivity contribution in [2.75, 3.05) is 19.8 Å². The summed E-state index contributed by atoms with van der Waals surface area (Å²) in [6.45, 7) is 9.29. The molecule has 1 atom stereocenters. The van der Waals surface area contributed by atoms with Crippen LogP contribution in [0.1, 0.15) is 89.2 Å². The van der Waals surface area contributed by atoms with Crippen molar-refractivity contribution in [3.63, 3.8) is 0 Å². The third-order valence-electron chi connectivity index (χ3n) is 10.3. The number of piperidine rings is 1. The van der Waals surface area contributed by atoms with Crippen LogP contribution < -0.4 is 20.1 Å². The van der Waals surface area contributed by atoms with Crippen molar-refractivity contribution in [1.29, 1.82) is 5.26 Å². The van der Waals surface area contributed by atoms with Crippen molar-refractivity contribution in [2.45, 2.75) is 71.6 Å². The highest BCUT2D eigenvalue weighted by Crippen LogP contribution is 2.55. The highest BCUT2D eigenvalue weighted by Gasteiger charge is 2.64. The Kier molecular flexibility index (Phi) is 10.6. The zero-order valence-corrected chi connectivity index (χ0v) is 30.7. The SMILES string of the molecule is CC1(C)C(NC(=O)c2ccc(CCCOCCOc3ccc4c(c3)C(=O)N(C3CCC(=O)NC3=O)C4=O)cc2)C(C)(C)C1Oc1ccc(C#N)c(Cl)c1. The van der Waals surface area contributed by atoms with Gasteiger partial charge in [-0.3, -0.25) is 34.2 Å². The Morgan fingerprint density at radius 3 is 2.30 bits per heavy atom. The Balaban J connectivity index is 0.911. The quantitative estimate of drug-likeness (QED) is 0.176. The van der Waals surface area contributed by atoms with Gasteiger partial charge in [0.2, 0.25) is 11.8 Å². The molecule has 0 radical (unpaired) electrons. The second-order valence-electron chi connectivity index (χ2n) is 14.7. The van der Waals surface area contributed by atoms with Gasteiger partial charge in [0.05, 0.1) is 28.3 Å². The number of nitrogens with one attached hydrogen (secondary N) is 2. The second kappa shape index (κ2) is 15.0. The van der Waals surface area contributed by atoms with Crippen molar-refractivity contribution in [1.82, 2.24) is 15.5 Å². The van der Waals surface area contributed by atoms with Gasteiger partial charge in [-0.05, 0) is 67.3 Å². The van der Waals surface area contributed by atoms with Crippen LogP contribution in [0.4, 0.5) is 0 Å². The molecule has 3 aromatic carbocycles. The van der Waals surface area contributed by atoms with Crippen LogP contribution in [0.3, 0.4) is 0 Å². The third kappa shape index (κ3) is 7.50. The number of aryl methyl sites for hydroxylation is 1. The lowest BCUT2D eigenvalue weighted by atomic mass is 9.49. The zero-order valence-electron chi connectivity index (χ0n) is 30.0. The summed E-state index contributed by atoms with van der Waals surface area (Å²) in [7, 11) is 0. The molecular weight excluding hydrogens is 700 g/mol. The van der Waals surface area contributed by atoms with Crippen LogP contribution in [0.5, 0.6) is 11.5 Å². The standard InChI is InChI=1S/C40H41ClN4O8/c1-39(2)37(40(3,4)38(39)53-27-12-11-25(22-42)30(41)21-27)44-33(47)24-9-7-23(8-10-24)6-5-17-51-18-19-52-26-13-14-28-29(20-26)36(50)45(35(28)49)31-15-16-32(46)43-34(31)48/h7-14,20-21,31,37-38H,5-6,15-19H2,1-4H3,(H,44,47)(H,43,46,48). The minimum Gasteiger partial charge on any atom is -0.491 e. The number of ether oxygens (including phenoxy) is 3. The normalized spacial score (nSPS) is 21.3. The Hall–Kier alpha value is -5.25. The highest BCUT2D eigenvalue weighted by molar-refractivity contribution is 6.31. The first-order chi connectivity index (χ1) is 25.2. The van der Waals surface area contributed by atoms with E-state index in [0.29, 0.717) is 40.9 Å². The molecule has 2 aliphatic heterocycles. The monoisotopic (exact) mass is 740 g/mol. The summed E-state index contributed by atoms with van der Waals surface area (Å²) in [5.41, 5.74) is 1.63. The van der Waals surface area contributed by atoms with E-state index in [1.807, 2.05) is 24.3 Å². The molecule has 12 nitrogen and oxygen atoms in total. The number of hydrogen-bond donors (Lipinski definition) is 2. The van der Waals surface area contributed by atoms with E-state index in [9.17, 15) is 24.0 Å². The van der Waals surface area contributed by atoms with Gasteiger partial charge in [-0.2, -0.15) is 5.26 Å². The van der Waals surface area contributed by atoms with E-state index in [1.54, 1.807) is 24.3 Å². The molecule has 1 unspecified atom stereocenters. The molecular formula is C40H41ClN4O8. The first kappa shape index (κ1) is 37.5. The van der Waals surface area contributed by atoms with Crippen LogP contribution in [0.2, 0.25) is 5.02 Å². The molecule has 1 aliphatic carbocycles. The lowest BCUT2D eigenvalue weighted by Gasteiger charge is -2.63. The van der Waals surface area contributed by atoms with Crippen LogP contribution in [-0.4, -0.2) is 72.4 Å². The Bertz CT molecular complexity index is 1990. The minimum atomic E-state index is -1.02. The van der Waals surface area contributed by atoms with E-state index in [4.69, 9.17) is 31.1 Å². The number of amides is 5. The summed E-state index contributed by atoms with van der Waals surface area (Å²) < 4.78 is 17.8. The second-order valence-corrected chi connectivity index (χ2v) is 15.1. The van der Waals surface area contributed by atoms with Gasteiger partial charge in [0.1, 0.15) is 36.3 Å². The van der Waals surface area contributed by atoms with E-state index >= 15 is 0 Å². The fourth-order valence-electron chi connectivity index (χ4n) is 7.87. The largest absolute Gasteiger partial charge is 0.491 e. The molecule has 276 valence electrons. The molecule has 3 aliphatic rings. The molecule has 1 saturated carbocycles. The van der Waals surface area contributed by atoms with E-state index in [1.165, 1.54) is 12.1 Å². The smallest absolute Gasteiger partial charge is 0.262 e. The number of nitrogens with zero attached hydrogens (tertiary/aromatic N) is 2. The van der Waals surface area contributed by atoms with Gasteiger partial charge in [-0.1, -0.05) is 51.4 Å².